The maximum Gasteiger partial charge on any atom is 0.248 e. The van der Waals surface area contributed by atoms with E-state index in [0.29, 0.717) is 13.1 Å². The molecule has 0 aliphatic carbocycles. The lowest BCUT2D eigenvalue weighted by atomic mass is 10.3. The van der Waals surface area contributed by atoms with Crippen molar-refractivity contribution in [3.63, 3.8) is 0 Å². The van der Waals surface area contributed by atoms with E-state index in [1.807, 2.05) is 0 Å². The van der Waals surface area contributed by atoms with E-state index in [0.717, 1.165) is 6.42 Å². The number of amides is 2. The first kappa shape index (κ1) is 15.9. The topological polar surface area (TPSA) is 59.1 Å². The molecule has 0 spiro atoms. The van der Waals surface area contributed by atoms with Crippen LogP contribution < -0.4 is 0 Å². The van der Waals surface area contributed by atoms with Crippen molar-refractivity contribution in [3.8, 4) is 0 Å². The molecular weight excluding hydrogens is 224 g/mol. The highest BCUT2D eigenvalue weighted by atomic mass is 16.5. The second-order valence-electron chi connectivity index (χ2n) is 3.85. The Morgan fingerprint density at radius 1 is 0.882 bits per heavy atom. The van der Waals surface area contributed by atoms with Crippen LogP contribution in [0.2, 0.25) is 0 Å². The molecule has 2 amide bonds. The second kappa shape index (κ2) is 8.95. The van der Waals surface area contributed by atoms with Gasteiger partial charge in [0, 0.05) is 41.4 Å². The molecule has 0 aliphatic rings. The highest BCUT2D eigenvalue weighted by molar-refractivity contribution is 5.77. The lowest BCUT2D eigenvalue weighted by Gasteiger charge is -2.20. The van der Waals surface area contributed by atoms with Gasteiger partial charge in [0.15, 0.2) is 0 Å². The van der Waals surface area contributed by atoms with E-state index in [2.05, 4.69) is 0 Å². The molecule has 0 bridgehead atoms. The molecule has 6 heteroatoms. The fraction of sp³-hybridized carbons (Fsp3) is 0.818. The van der Waals surface area contributed by atoms with Crippen molar-refractivity contribution in [3.05, 3.63) is 0 Å². The molecule has 0 N–H and O–H groups in total. The third kappa shape index (κ3) is 6.91. The zero-order valence-electron chi connectivity index (χ0n) is 11.1. The normalized spacial score (nSPS) is 10.1. The number of rotatable bonds is 8. The summed E-state index contributed by atoms with van der Waals surface area (Å²) in [7, 11) is 6.42. The van der Waals surface area contributed by atoms with Crippen LogP contribution in [0.1, 0.15) is 6.42 Å². The molecule has 0 rings (SSSR count). The van der Waals surface area contributed by atoms with Gasteiger partial charge in [0.25, 0.3) is 0 Å². The number of likely N-dealkylation sites (N-methyl/N-ethyl adjacent to an activating group) is 2. The van der Waals surface area contributed by atoms with Gasteiger partial charge in [0.05, 0.1) is 0 Å². The standard InChI is InChI=1S/C11H22N2O4/c1-12(10(14)8-16-3)6-5-7-13(2)11(15)9-17-4/h5-9H2,1-4H3. The average Bonchev–Trinajstić information content (AvgIpc) is 2.29. The van der Waals surface area contributed by atoms with Crippen LogP contribution in [0.5, 0.6) is 0 Å². The molecule has 6 nitrogen and oxygen atoms in total. The minimum Gasteiger partial charge on any atom is -0.375 e. The first-order valence-corrected chi connectivity index (χ1v) is 5.48. The first-order valence-electron chi connectivity index (χ1n) is 5.48. The summed E-state index contributed by atoms with van der Waals surface area (Å²) in [6.07, 6.45) is 0.734. The van der Waals surface area contributed by atoms with Crippen LogP contribution in [0.25, 0.3) is 0 Å². The molecule has 100 valence electrons. The summed E-state index contributed by atoms with van der Waals surface area (Å²) in [5.74, 6) is -0.114. The summed E-state index contributed by atoms with van der Waals surface area (Å²) >= 11 is 0. The highest BCUT2D eigenvalue weighted by Crippen LogP contribution is 1.94. The monoisotopic (exact) mass is 246 g/mol. The smallest absolute Gasteiger partial charge is 0.248 e. The molecule has 17 heavy (non-hydrogen) atoms. The molecule has 0 radical (unpaired) electrons. The lowest BCUT2D eigenvalue weighted by Crippen LogP contribution is -2.35. The predicted octanol–water partition coefficient (Wildman–Crippen LogP) is -0.414. The van der Waals surface area contributed by atoms with E-state index in [1.165, 1.54) is 14.2 Å². The molecule has 0 saturated carbocycles. The van der Waals surface area contributed by atoms with Gasteiger partial charge in [-0.2, -0.15) is 0 Å². The van der Waals surface area contributed by atoms with Crippen molar-refractivity contribution in [1.82, 2.24) is 9.80 Å². The van der Waals surface area contributed by atoms with Gasteiger partial charge in [-0.05, 0) is 6.42 Å². The number of carbonyl (C=O) groups excluding carboxylic acids is 2. The molecule has 0 aromatic carbocycles. The summed E-state index contributed by atoms with van der Waals surface area (Å²) in [5, 5.41) is 0. The van der Waals surface area contributed by atoms with Crippen LogP contribution in [-0.4, -0.2) is 76.2 Å². The Kier molecular flexibility index (Phi) is 8.35. The molecule has 0 unspecified atom stereocenters. The minimum absolute atomic E-state index is 0.0571. The number of carbonyl (C=O) groups is 2. The summed E-state index contributed by atoms with van der Waals surface area (Å²) in [6, 6.07) is 0. The summed E-state index contributed by atoms with van der Waals surface area (Å²) in [5.41, 5.74) is 0. The average molecular weight is 246 g/mol. The van der Waals surface area contributed by atoms with Crippen molar-refractivity contribution in [2.24, 2.45) is 0 Å². The van der Waals surface area contributed by atoms with Crippen molar-refractivity contribution >= 4 is 11.8 Å². The van der Waals surface area contributed by atoms with Gasteiger partial charge in [-0.3, -0.25) is 9.59 Å². The van der Waals surface area contributed by atoms with Gasteiger partial charge in [-0.15, -0.1) is 0 Å². The third-order valence-electron chi connectivity index (χ3n) is 2.37. The Morgan fingerprint density at radius 2 is 1.24 bits per heavy atom. The zero-order valence-corrected chi connectivity index (χ0v) is 11.1. The maximum absolute atomic E-state index is 11.4. The van der Waals surface area contributed by atoms with Gasteiger partial charge in [-0.25, -0.2) is 0 Å². The van der Waals surface area contributed by atoms with Crippen molar-refractivity contribution in [2.75, 3.05) is 54.6 Å². The SMILES string of the molecule is COCC(=O)N(C)CCCN(C)C(=O)COC. The van der Waals surface area contributed by atoms with Crippen molar-refractivity contribution in [2.45, 2.75) is 6.42 Å². The molecule has 0 atom stereocenters. The summed E-state index contributed by atoms with van der Waals surface area (Å²) in [4.78, 5) is 25.9. The Balaban J connectivity index is 3.75. The van der Waals surface area contributed by atoms with Gasteiger partial charge in [0.1, 0.15) is 13.2 Å². The fourth-order valence-corrected chi connectivity index (χ4v) is 1.26. The maximum atomic E-state index is 11.4. The van der Waals surface area contributed by atoms with Crippen molar-refractivity contribution < 1.29 is 19.1 Å². The van der Waals surface area contributed by atoms with Gasteiger partial charge in [-0.1, -0.05) is 0 Å². The molecule has 0 fully saturated rings. The number of methoxy groups -OCH3 is 2. The van der Waals surface area contributed by atoms with Gasteiger partial charge >= 0.3 is 0 Å². The molecule has 0 aliphatic heterocycles. The van der Waals surface area contributed by atoms with Crippen LogP contribution in [0.15, 0.2) is 0 Å². The number of hydrogen-bond acceptors (Lipinski definition) is 4. The molecule has 0 saturated heterocycles. The molecular formula is C11H22N2O4. The molecule has 0 aromatic heterocycles. The Labute approximate surface area is 102 Å². The van der Waals surface area contributed by atoms with E-state index in [1.54, 1.807) is 23.9 Å². The van der Waals surface area contributed by atoms with E-state index in [4.69, 9.17) is 9.47 Å². The fourth-order valence-electron chi connectivity index (χ4n) is 1.26. The summed E-state index contributed by atoms with van der Waals surface area (Å²) < 4.78 is 9.50. The Morgan fingerprint density at radius 3 is 1.53 bits per heavy atom. The van der Waals surface area contributed by atoms with Gasteiger partial charge < -0.3 is 19.3 Å². The van der Waals surface area contributed by atoms with Crippen LogP contribution in [0, 0.1) is 0 Å². The van der Waals surface area contributed by atoms with E-state index in [-0.39, 0.29) is 25.0 Å². The second-order valence-corrected chi connectivity index (χ2v) is 3.85. The summed E-state index contributed by atoms with van der Waals surface area (Å²) in [6.45, 7) is 1.39. The number of ether oxygens (including phenoxy) is 2. The van der Waals surface area contributed by atoms with Crippen LogP contribution in [0.3, 0.4) is 0 Å². The molecule has 0 aromatic rings. The Bertz CT molecular complexity index is 222. The van der Waals surface area contributed by atoms with E-state index < -0.39 is 0 Å². The predicted molar refractivity (Wildman–Crippen MR) is 63.6 cm³/mol. The number of nitrogens with zero attached hydrogens (tertiary/aromatic N) is 2. The van der Waals surface area contributed by atoms with E-state index in [9.17, 15) is 9.59 Å². The highest BCUT2D eigenvalue weighted by Gasteiger charge is 2.10. The van der Waals surface area contributed by atoms with Crippen LogP contribution in [0.4, 0.5) is 0 Å². The lowest BCUT2D eigenvalue weighted by molar-refractivity contribution is -0.134. The van der Waals surface area contributed by atoms with Crippen LogP contribution in [-0.2, 0) is 19.1 Å². The third-order valence-corrected chi connectivity index (χ3v) is 2.37. The number of hydrogen-bond donors (Lipinski definition) is 0. The quantitative estimate of drug-likeness (QED) is 0.584. The van der Waals surface area contributed by atoms with Crippen molar-refractivity contribution in [1.29, 1.82) is 0 Å². The van der Waals surface area contributed by atoms with Gasteiger partial charge in [0.2, 0.25) is 11.8 Å². The minimum atomic E-state index is -0.0571. The van der Waals surface area contributed by atoms with Crippen LogP contribution >= 0.6 is 0 Å². The zero-order chi connectivity index (χ0) is 13.3. The Hall–Kier alpha value is -1.14. The largest absolute Gasteiger partial charge is 0.375 e. The first-order chi connectivity index (χ1) is 8.02. The van der Waals surface area contributed by atoms with E-state index >= 15 is 0 Å². The molecule has 0 heterocycles.